The first kappa shape index (κ1) is 47.7. The van der Waals surface area contributed by atoms with Gasteiger partial charge in [-0.1, -0.05) is 64.1 Å². The van der Waals surface area contributed by atoms with Crippen molar-refractivity contribution in [2.24, 2.45) is 11.8 Å². The van der Waals surface area contributed by atoms with Crippen LogP contribution in [-0.2, 0) is 9.59 Å². The van der Waals surface area contributed by atoms with Crippen LogP contribution in [0.1, 0.15) is 106 Å². The lowest BCUT2D eigenvalue weighted by Gasteiger charge is -2.42. The predicted molar refractivity (Wildman–Crippen MR) is 250 cm³/mol. The van der Waals surface area contributed by atoms with Gasteiger partial charge < -0.3 is 25.2 Å². The summed E-state index contributed by atoms with van der Waals surface area (Å²) in [4.78, 5) is 66.6. The van der Waals surface area contributed by atoms with Crippen LogP contribution in [0, 0.1) is 46.1 Å². The lowest BCUT2D eigenvalue weighted by molar-refractivity contribution is -0.120. The average molecular weight is 915 g/mol. The summed E-state index contributed by atoms with van der Waals surface area (Å²) in [5.74, 6) is -3.06. The quantitative estimate of drug-likeness (QED) is 0.128. The number of nitrogens with zero attached hydrogens (tertiary/aromatic N) is 6. The molecular formula is C53H48F2N8O5. The van der Waals surface area contributed by atoms with E-state index < -0.39 is 35.6 Å². The van der Waals surface area contributed by atoms with Crippen LogP contribution < -0.4 is 15.4 Å². The lowest BCUT2D eigenvalue weighted by Crippen LogP contribution is -2.47. The molecule has 4 amide bonds. The molecule has 4 atom stereocenters. The maximum absolute atomic E-state index is 13.8. The van der Waals surface area contributed by atoms with Crippen LogP contribution in [0.4, 0.5) is 20.2 Å². The van der Waals surface area contributed by atoms with Crippen LogP contribution in [0.15, 0.2) is 128 Å². The standard InChI is InChI=1S/C27H25FN4O3.C26H23FN4O2/c1-16(2)15-32-25(17-5-4-10-30-14-17)24(21-8-7-20(35-3)12-22(21)27(32)34)26(33)31-19-6-9-23(28)18(11-19)13-29;1-16(2)15-31-24(17-6-5-11-29-14-17)23(20-7-3-4-8-21(20)26(31)33)25(32)30-19-9-10-22(27)18(12-19)13-28/h4-12,14,16,24-25H,15H2,1-3H3,(H,31,33);3-12,14,16,23-24H,15H2,1-2H3,(H,30,32). The van der Waals surface area contributed by atoms with Gasteiger partial charge in [0, 0.05) is 60.4 Å². The molecule has 0 fully saturated rings. The third-order valence-corrected chi connectivity index (χ3v) is 11.6. The van der Waals surface area contributed by atoms with E-state index in [0.29, 0.717) is 52.5 Å². The molecule has 344 valence electrons. The second-order valence-corrected chi connectivity index (χ2v) is 17.3. The molecule has 2 aromatic heterocycles. The van der Waals surface area contributed by atoms with E-state index in [2.05, 4.69) is 20.6 Å². The third-order valence-electron chi connectivity index (χ3n) is 11.6. The maximum atomic E-state index is 13.8. The highest BCUT2D eigenvalue weighted by atomic mass is 19.1. The Bertz CT molecular complexity index is 2940. The zero-order valence-corrected chi connectivity index (χ0v) is 38.0. The Morgan fingerprint density at radius 1 is 0.647 bits per heavy atom. The summed E-state index contributed by atoms with van der Waals surface area (Å²) in [5, 5.41) is 24.0. The van der Waals surface area contributed by atoms with Crippen LogP contribution in [0.5, 0.6) is 5.75 Å². The Kier molecular flexibility index (Phi) is 14.6. The van der Waals surface area contributed by atoms with Gasteiger partial charge in [-0.15, -0.1) is 0 Å². The van der Waals surface area contributed by atoms with Gasteiger partial charge in [-0.25, -0.2) is 8.78 Å². The van der Waals surface area contributed by atoms with Gasteiger partial charge in [0.2, 0.25) is 11.8 Å². The van der Waals surface area contributed by atoms with E-state index in [1.165, 1.54) is 31.4 Å². The molecule has 0 saturated heterocycles. The molecule has 0 bridgehead atoms. The molecule has 8 rings (SSSR count). The number of benzene rings is 4. The number of fused-ring (bicyclic) bond motifs is 2. The van der Waals surface area contributed by atoms with E-state index >= 15 is 0 Å². The van der Waals surface area contributed by atoms with E-state index in [1.54, 1.807) is 101 Å². The summed E-state index contributed by atoms with van der Waals surface area (Å²) in [5.41, 5.74) is 3.80. The van der Waals surface area contributed by atoms with Gasteiger partial charge in [0.05, 0.1) is 42.2 Å². The number of halogens is 2. The van der Waals surface area contributed by atoms with Crippen LogP contribution in [-0.4, -0.2) is 63.6 Å². The second kappa shape index (κ2) is 20.9. The predicted octanol–water partition coefficient (Wildman–Crippen LogP) is 9.34. The Hall–Kier alpha value is -8.30. The number of hydrogen-bond donors (Lipinski definition) is 2. The largest absolute Gasteiger partial charge is 0.497 e. The smallest absolute Gasteiger partial charge is 0.254 e. The number of hydrogen-bond acceptors (Lipinski definition) is 9. The zero-order chi connectivity index (χ0) is 48.6. The topological polar surface area (TPSA) is 181 Å². The van der Waals surface area contributed by atoms with Gasteiger partial charge in [0.25, 0.3) is 11.8 Å². The number of methoxy groups -OCH3 is 1. The van der Waals surface area contributed by atoms with Crippen molar-refractivity contribution in [1.29, 1.82) is 10.5 Å². The van der Waals surface area contributed by atoms with E-state index in [-0.39, 0.29) is 46.6 Å². The fraction of sp³-hybridized carbons (Fsp3) is 0.245. The highest BCUT2D eigenvalue weighted by molar-refractivity contribution is 6.06. The number of pyridine rings is 2. The SMILES string of the molecule is CC(C)CN1C(=O)c2ccccc2C(C(=O)Nc2ccc(F)c(C#N)c2)C1c1cccnc1.COc1ccc2c(c1)C(=O)N(CC(C)C)C(c1cccnc1)C2C(=O)Nc1ccc(F)c(C#N)c1. The van der Waals surface area contributed by atoms with E-state index in [0.717, 1.165) is 23.3 Å². The average Bonchev–Trinajstić information content (AvgIpc) is 3.34. The van der Waals surface area contributed by atoms with E-state index in [4.69, 9.17) is 10.00 Å². The zero-order valence-electron chi connectivity index (χ0n) is 38.0. The van der Waals surface area contributed by atoms with Gasteiger partial charge in [0.1, 0.15) is 29.5 Å². The first-order valence-electron chi connectivity index (χ1n) is 21.9. The van der Waals surface area contributed by atoms with Crippen molar-refractivity contribution in [3.63, 3.8) is 0 Å². The lowest BCUT2D eigenvalue weighted by atomic mass is 9.79. The van der Waals surface area contributed by atoms with Crippen molar-refractivity contribution in [3.8, 4) is 17.9 Å². The summed E-state index contributed by atoms with van der Waals surface area (Å²) >= 11 is 0. The van der Waals surface area contributed by atoms with Crippen molar-refractivity contribution in [2.45, 2.75) is 51.6 Å². The number of rotatable bonds is 11. The second-order valence-electron chi connectivity index (χ2n) is 17.3. The van der Waals surface area contributed by atoms with Crippen LogP contribution in [0.25, 0.3) is 0 Å². The number of carbonyl (C=O) groups is 4. The Labute approximate surface area is 393 Å². The molecule has 0 radical (unpaired) electrons. The first-order valence-corrected chi connectivity index (χ1v) is 21.9. The van der Waals surface area contributed by atoms with Gasteiger partial charge in [-0.3, -0.25) is 29.1 Å². The Morgan fingerprint density at radius 3 is 1.56 bits per heavy atom. The van der Waals surface area contributed by atoms with Crippen LogP contribution in [0.3, 0.4) is 0 Å². The van der Waals surface area contributed by atoms with Crippen molar-refractivity contribution in [2.75, 3.05) is 30.8 Å². The van der Waals surface area contributed by atoms with Crippen molar-refractivity contribution in [1.82, 2.24) is 19.8 Å². The van der Waals surface area contributed by atoms with Crippen molar-refractivity contribution >= 4 is 35.0 Å². The van der Waals surface area contributed by atoms with Crippen LogP contribution in [0.2, 0.25) is 0 Å². The van der Waals surface area contributed by atoms with Gasteiger partial charge in [-0.05, 0) is 101 Å². The maximum Gasteiger partial charge on any atom is 0.254 e. The van der Waals surface area contributed by atoms with E-state index in [1.807, 2.05) is 39.8 Å². The molecule has 4 heterocycles. The Balaban J connectivity index is 0.000000202. The molecule has 4 unspecified atom stereocenters. The van der Waals surface area contributed by atoms with Gasteiger partial charge in [-0.2, -0.15) is 10.5 Å². The fourth-order valence-corrected chi connectivity index (χ4v) is 8.76. The minimum absolute atomic E-state index is 0.134. The monoisotopic (exact) mass is 914 g/mol. The molecule has 15 heteroatoms. The number of nitriles is 2. The number of anilines is 2. The molecule has 4 aromatic carbocycles. The normalized spacial score (nSPS) is 17.2. The first-order chi connectivity index (χ1) is 32.7. The summed E-state index contributed by atoms with van der Waals surface area (Å²) in [6.45, 7) is 8.94. The number of aromatic nitrogens is 2. The number of ether oxygens (including phenoxy) is 1. The summed E-state index contributed by atoms with van der Waals surface area (Å²) in [6.07, 6.45) is 6.61. The molecule has 68 heavy (non-hydrogen) atoms. The van der Waals surface area contributed by atoms with Crippen molar-refractivity contribution < 1.29 is 32.7 Å². The van der Waals surface area contributed by atoms with Crippen LogP contribution >= 0.6 is 0 Å². The van der Waals surface area contributed by atoms with Gasteiger partial charge in [0.15, 0.2) is 0 Å². The summed E-state index contributed by atoms with van der Waals surface area (Å²) in [7, 11) is 1.52. The minimum Gasteiger partial charge on any atom is -0.497 e. The van der Waals surface area contributed by atoms with Crippen molar-refractivity contribution in [3.05, 3.63) is 184 Å². The fourth-order valence-electron chi connectivity index (χ4n) is 8.76. The molecule has 6 aromatic rings. The number of amides is 4. The molecule has 0 aliphatic carbocycles. The summed E-state index contributed by atoms with van der Waals surface area (Å²) < 4.78 is 32.9. The number of carbonyl (C=O) groups excluding carboxylic acids is 4. The molecule has 0 saturated carbocycles. The molecule has 0 spiro atoms. The highest BCUT2D eigenvalue weighted by Gasteiger charge is 2.46. The summed E-state index contributed by atoms with van der Waals surface area (Å²) in [6, 6.07) is 29.6. The number of nitrogens with one attached hydrogen (secondary N) is 2. The minimum atomic E-state index is -0.785. The van der Waals surface area contributed by atoms with E-state index in [9.17, 15) is 33.2 Å². The molecule has 13 nitrogen and oxygen atoms in total. The molecular weight excluding hydrogens is 867 g/mol. The van der Waals surface area contributed by atoms with Gasteiger partial charge >= 0.3 is 0 Å². The molecule has 2 aliphatic heterocycles. The third kappa shape index (κ3) is 10.1. The highest BCUT2D eigenvalue weighted by Crippen LogP contribution is 2.46. The molecule has 2 N–H and O–H groups in total. The molecule has 2 aliphatic rings. The Morgan fingerprint density at radius 2 is 1.12 bits per heavy atom.